The number of aromatic hydroxyl groups is 2. The first-order valence-electron chi connectivity index (χ1n) is 2.88. The lowest BCUT2D eigenvalue weighted by molar-refractivity contribution is 0.141. The van der Waals surface area contributed by atoms with E-state index in [1.807, 2.05) is 0 Å². The van der Waals surface area contributed by atoms with Gasteiger partial charge in [-0.2, -0.15) is 0 Å². The van der Waals surface area contributed by atoms with Gasteiger partial charge in [0.05, 0.1) is 6.20 Å². The van der Waals surface area contributed by atoms with Crippen LogP contribution >= 0.6 is 22.6 Å². The van der Waals surface area contributed by atoms with Crippen molar-refractivity contribution in [2.24, 2.45) is 0 Å². The van der Waals surface area contributed by atoms with Crippen molar-refractivity contribution in [2.45, 2.75) is 6.43 Å². The number of aromatic nitrogens is 1. The summed E-state index contributed by atoms with van der Waals surface area (Å²) in [5, 5.41) is 18.0. The van der Waals surface area contributed by atoms with Gasteiger partial charge in [-0.05, 0) is 22.6 Å². The Balaban J connectivity index is 3.27. The first-order valence-corrected chi connectivity index (χ1v) is 3.96. The minimum Gasteiger partial charge on any atom is -0.505 e. The SMILES string of the molecule is Oc1cnc(C(F)F)c(O)c1I. The number of nitrogens with zero attached hydrogens (tertiary/aromatic N) is 1. The number of pyridine rings is 1. The third-order valence-electron chi connectivity index (χ3n) is 1.21. The second-order valence-electron chi connectivity index (χ2n) is 1.99. The van der Waals surface area contributed by atoms with Crippen molar-refractivity contribution >= 4 is 22.6 Å². The van der Waals surface area contributed by atoms with Gasteiger partial charge in [-0.15, -0.1) is 0 Å². The van der Waals surface area contributed by atoms with Gasteiger partial charge in [-0.3, -0.25) is 0 Å². The van der Waals surface area contributed by atoms with E-state index in [2.05, 4.69) is 4.98 Å². The van der Waals surface area contributed by atoms with Gasteiger partial charge in [0.25, 0.3) is 6.43 Å². The Labute approximate surface area is 80.2 Å². The van der Waals surface area contributed by atoms with Gasteiger partial charge >= 0.3 is 0 Å². The first kappa shape index (κ1) is 9.43. The summed E-state index contributed by atoms with van der Waals surface area (Å²) in [6, 6.07) is 0. The molecule has 0 aromatic carbocycles. The van der Waals surface area contributed by atoms with E-state index in [9.17, 15) is 8.78 Å². The molecule has 0 amide bonds. The predicted octanol–water partition coefficient (Wildman–Crippen LogP) is 2.03. The highest BCUT2D eigenvalue weighted by atomic mass is 127. The van der Waals surface area contributed by atoms with Gasteiger partial charge in [0, 0.05) is 0 Å². The fourth-order valence-electron chi connectivity index (χ4n) is 0.642. The molecule has 1 heterocycles. The van der Waals surface area contributed by atoms with Gasteiger partial charge in [0.2, 0.25) is 0 Å². The molecule has 0 atom stereocenters. The van der Waals surface area contributed by atoms with Crippen LogP contribution in [0.1, 0.15) is 12.1 Å². The van der Waals surface area contributed by atoms with Crippen LogP contribution in [0.3, 0.4) is 0 Å². The number of hydrogen-bond donors (Lipinski definition) is 2. The highest BCUT2D eigenvalue weighted by Gasteiger charge is 2.18. The maximum absolute atomic E-state index is 12.0. The van der Waals surface area contributed by atoms with Crippen LogP contribution in [0.5, 0.6) is 11.5 Å². The molecular weight excluding hydrogens is 283 g/mol. The summed E-state index contributed by atoms with van der Waals surface area (Å²) in [6.45, 7) is 0. The van der Waals surface area contributed by atoms with Crippen LogP contribution < -0.4 is 0 Å². The summed E-state index contributed by atoms with van der Waals surface area (Å²) in [5.41, 5.74) is -0.711. The average Bonchev–Trinajstić information content (AvgIpc) is 2.00. The van der Waals surface area contributed by atoms with E-state index in [4.69, 9.17) is 10.2 Å². The van der Waals surface area contributed by atoms with E-state index in [0.29, 0.717) is 0 Å². The standard InChI is InChI=1S/C6H4F2INO2/c7-6(8)4-5(12)3(9)2(11)1-10-4/h1,6,11-12H. The highest BCUT2D eigenvalue weighted by Crippen LogP contribution is 2.34. The Morgan fingerprint density at radius 2 is 2.00 bits per heavy atom. The molecule has 0 fully saturated rings. The Kier molecular flexibility index (Phi) is 2.65. The maximum atomic E-state index is 12.0. The molecule has 0 spiro atoms. The molecule has 0 bridgehead atoms. The van der Waals surface area contributed by atoms with Gasteiger partial charge in [-0.1, -0.05) is 0 Å². The molecule has 66 valence electrons. The summed E-state index contributed by atoms with van der Waals surface area (Å²) in [7, 11) is 0. The average molecular weight is 287 g/mol. The van der Waals surface area contributed by atoms with Crippen LogP contribution in [0, 0.1) is 3.57 Å². The van der Waals surface area contributed by atoms with Crippen LogP contribution in [0.4, 0.5) is 8.78 Å². The lowest BCUT2D eigenvalue weighted by atomic mass is 10.3. The van der Waals surface area contributed by atoms with Crippen molar-refractivity contribution in [2.75, 3.05) is 0 Å². The van der Waals surface area contributed by atoms with Gasteiger partial charge < -0.3 is 10.2 Å². The van der Waals surface area contributed by atoms with E-state index in [-0.39, 0.29) is 9.32 Å². The number of hydrogen-bond acceptors (Lipinski definition) is 3. The van der Waals surface area contributed by atoms with Crippen molar-refractivity contribution in [3.63, 3.8) is 0 Å². The van der Waals surface area contributed by atoms with Crippen molar-refractivity contribution in [3.05, 3.63) is 15.5 Å². The Morgan fingerprint density at radius 1 is 1.42 bits per heavy atom. The van der Waals surface area contributed by atoms with E-state index >= 15 is 0 Å². The van der Waals surface area contributed by atoms with Gasteiger partial charge in [0.1, 0.15) is 9.26 Å². The number of rotatable bonds is 1. The molecule has 3 nitrogen and oxygen atoms in total. The Hall–Kier alpha value is -0.660. The normalized spacial score (nSPS) is 10.7. The molecule has 0 unspecified atom stereocenters. The maximum Gasteiger partial charge on any atom is 0.284 e. The zero-order valence-electron chi connectivity index (χ0n) is 5.63. The molecule has 0 saturated carbocycles. The fraction of sp³-hybridized carbons (Fsp3) is 0.167. The summed E-state index contributed by atoms with van der Waals surface area (Å²) >= 11 is 1.55. The third kappa shape index (κ3) is 1.57. The van der Waals surface area contributed by atoms with E-state index in [0.717, 1.165) is 6.20 Å². The second kappa shape index (κ2) is 3.38. The van der Waals surface area contributed by atoms with Crippen LogP contribution in [0.25, 0.3) is 0 Å². The summed E-state index contributed by atoms with van der Waals surface area (Å²) in [4.78, 5) is 3.18. The quantitative estimate of drug-likeness (QED) is 0.777. The summed E-state index contributed by atoms with van der Waals surface area (Å²) < 4.78 is 24.0. The van der Waals surface area contributed by atoms with Crippen LogP contribution in [0.15, 0.2) is 6.20 Å². The minimum absolute atomic E-state index is 0.0158. The van der Waals surface area contributed by atoms with E-state index in [1.54, 1.807) is 22.6 Å². The molecule has 0 aliphatic rings. The largest absolute Gasteiger partial charge is 0.505 e. The lowest BCUT2D eigenvalue weighted by Gasteiger charge is -2.04. The molecule has 1 aromatic heterocycles. The topological polar surface area (TPSA) is 53.4 Å². The van der Waals surface area contributed by atoms with Crippen LogP contribution in [-0.2, 0) is 0 Å². The molecule has 2 N–H and O–H groups in total. The minimum atomic E-state index is -2.83. The molecule has 1 aromatic rings. The molecule has 6 heteroatoms. The molecule has 12 heavy (non-hydrogen) atoms. The monoisotopic (exact) mass is 287 g/mol. The highest BCUT2D eigenvalue weighted by molar-refractivity contribution is 14.1. The Morgan fingerprint density at radius 3 is 2.50 bits per heavy atom. The zero-order chi connectivity index (χ0) is 9.30. The molecule has 0 radical (unpaired) electrons. The van der Waals surface area contributed by atoms with Crippen molar-refractivity contribution < 1.29 is 19.0 Å². The molecule has 1 rings (SSSR count). The van der Waals surface area contributed by atoms with Crippen LogP contribution in [0.2, 0.25) is 0 Å². The molecule has 0 aliphatic carbocycles. The smallest absolute Gasteiger partial charge is 0.284 e. The van der Waals surface area contributed by atoms with Gasteiger partial charge in [0.15, 0.2) is 11.5 Å². The zero-order valence-corrected chi connectivity index (χ0v) is 7.79. The third-order valence-corrected chi connectivity index (χ3v) is 2.27. The second-order valence-corrected chi connectivity index (χ2v) is 3.07. The lowest BCUT2D eigenvalue weighted by Crippen LogP contribution is -1.92. The summed E-state index contributed by atoms with van der Waals surface area (Å²) in [5.74, 6) is -0.969. The fourth-order valence-corrected chi connectivity index (χ4v) is 1.06. The van der Waals surface area contributed by atoms with Gasteiger partial charge in [-0.25, -0.2) is 13.8 Å². The van der Waals surface area contributed by atoms with E-state index in [1.165, 1.54) is 0 Å². The van der Waals surface area contributed by atoms with E-state index < -0.39 is 17.9 Å². The number of alkyl halides is 2. The van der Waals surface area contributed by atoms with Crippen molar-refractivity contribution in [1.82, 2.24) is 4.98 Å². The molecule has 0 aliphatic heterocycles. The molecular formula is C6H4F2INO2. The predicted molar refractivity (Wildman–Crippen MR) is 45.2 cm³/mol. The van der Waals surface area contributed by atoms with Crippen molar-refractivity contribution in [3.8, 4) is 11.5 Å². The first-order chi connectivity index (χ1) is 5.54. The summed E-state index contributed by atoms with van der Waals surface area (Å²) in [6.07, 6.45) is -1.96. The number of halogens is 3. The van der Waals surface area contributed by atoms with Crippen molar-refractivity contribution in [1.29, 1.82) is 0 Å². The van der Waals surface area contributed by atoms with Crippen LogP contribution in [-0.4, -0.2) is 15.2 Å². The Bertz CT molecular complexity index is 306. The molecule has 0 saturated heterocycles.